The van der Waals surface area contributed by atoms with E-state index in [4.69, 9.17) is 4.74 Å². The molecular formula is C20H23N3O3. The van der Waals surface area contributed by atoms with E-state index in [1.165, 1.54) is 7.11 Å². The van der Waals surface area contributed by atoms with Gasteiger partial charge in [0.2, 0.25) is 5.91 Å². The maximum Gasteiger partial charge on any atom is 0.324 e. The maximum atomic E-state index is 13.0. The summed E-state index contributed by atoms with van der Waals surface area (Å²) < 4.78 is 4.86. The summed E-state index contributed by atoms with van der Waals surface area (Å²) in [5.41, 5.74) is 2.42. The molecule has 1 fully saturated rings. The molecule has 0 spiro atoms. The number of carbonyl (C=O) groups is 2. The van der Waals surface area contributed by atoms with Crippen molar-refractivity contribution in [2.45, 2.75) is 13.0 Å². The predicted molar refractivity (Wildman–Crippen MR) is 101 cm³/mol. The third-order valence-electron chi connectivity index (χ3n) is 4.27. The second-order valence-electron chi connectivity index (χ2n) is 6.19. The number of rotatable bonds is 6. The number of nitrogens with one attached hydrogen (secondary N) is 1. The number of ether oxygens (including phenoxy) is 1. The molecule has 1 N–H and O–H groups in total. The number of carbonyl (C=O) groups excluding carboxylic acids is 2. The smallest absolute Gasteiger partial charge is 0.324 e. The SMILES string of the molecule is COCC(=O)Nc1ccccc1N1CCCN(Cc2ccccc2)C1=O. The van der Waals surface area contributed by atoms with Gasteiger partial charge in [-0.05, 0) is 24.1 Å². The van der Waals surface area contributed by atoms with Crippen LogP contribution in [0.2, 0.25) is 0 Å². The maximum absolute atomic E-state index is 13.0. The highest BCUT2D eigenvalue weighted by molar-refractivity contribution is 6.01. The fourth-order valence-corrected chi connectivity index (χ4v) is 3.09. The number of benzene rings is 2. The molecule has 0 saturated carbocycles. The van der Waals surface area contributed by atoms with Gasteiger partial charge in [0.05, 0.1) is 11.4 Å². The minimum atomic E-state index is -0.245. The summed E-state index contributed by atoms with van der Waals surface area (Å²) in [5.74, 6) is -0.245. The van der Waals surface area contributed by atoms with Crippen molar-refractivity contribution in [2.24, 2.45) is 0 Å². The van der Waals surface area contributed by atoms with Gasteiger partial charge in [0.15, 0.2) is 0 Å². The van der Waals surface area contributed by atoms with Crippen LogP contribution in [0.25, 0.3) is 0 Å². The molecule has 2 aromatic rings. The van der Waals surface area contributed by atoms with Crippen molar-refractivity contribution >= 4 is 23.3 Å². The summed E-state index contributed by atoms with van der Waals surface area (Å²) in [6.45, 7) is 1.90. The number of methoxy groups -OCH3 is 1. The molecule has 0 radical (unpaired) electrons. The highest BCUT2D eigenvalue weighted by atomic mass is 16.5. The van der Waals surface area contributed by atoms with Gasteiger partial charge in [0, 0.05) is 26.7 Å². The van der Waals surface area contributed by atoms with Crippen LogP contribution < -0.4 is 10.2 Å². The average Bonchev–Trinajstić information content (AvgIpc) is 2.65. The van der Waals surface area contributed by atoms with E-state index in [0.717, 1.165) is 18.5 Å². The van der Waals surface area contributed by atoms with E-state index in [1.807, 2.05) is 53.4 Å². The van der Waals surface area contributed by atoms with Crippen molar-refractivity contribution in [2.75, 3.05) is 37.0 Å². The van der Waals surface area contributed by atoms with Crippen molar-refractivity contribution in [3.05, 3.63) is 60.2 Å². The molecular weight excluding hydrogens is 330 g/mol. The number of para-hydroxylation sites is 2. The average molecular weight is 353 g/mol. The van der Waals surface area contributed by atoms with Gasteiger partial charge in [-0.25, -0.2) is 4.79 Å². The summed E-state index contributed by atoms with van der Waals surface area (Å²) in [7, 11) is 1.47. The van der Waals surface area contributed by atoms with E-state index in [0.29, 0.717) is 24.5 Å². The normalized spacial score (nSPS) is 14.4. The second kappa shape index (κ2) is 8.49. The Balaban J connectivity index is 1.78. The van der Waals surface area contributed by atoms with Crippen molar-refractivity contribution in [1.29, 1.82) is 0 Å². The minimum absolute atomic E-state index is 0.0254. The summed E-state index contributed by atoms with van der Waals surface area (Å²) in [4.78, 5) is 28.5. The van der Waals surface area contributed by atoms with Gasteiger partial charge in [-0.2, -0.15) is 0 Å². The lowest BCUT2D eigenvalue weighted by molar-refractivity contribution is -0.119. The van der Waals surface area contributed by atoms with Crippen molar-refractivity contribution < 1.29 is 14.3 Å². The Morgan fingerprint density at radius 3 is 2.58 bits per heavy atom. The Morgan fingerprint density at radius 1 is 1.08 bits per heavy atom. The molecule has 0 aliphatic carbocycles. The molecule has 26 heavy (non-hydrogen) atoms. The van der Waals surface area contributed by atoms with Crippen molar-refractivity contribution in [1.82, 2.24) is 4.90 Å². The molecule has 2 aromatic carbocycles. The van der Waals surface area contributed by atoms with Crippen LogP contribution in [0.1, 0.15) is 12.0 Å². The molecule has 6 nitrogen and oxygen atoms in total. The molecule has 0 aromatic heterocycles. The third-order valence-corrected chi connectivity index (χ3v) is 4.27. The number of urea groups is 1. The zero-order valence-electron chi connectivity index (χ0n) is 14.9. The fraction of sp³-hybridized carbons (Fsp3) is 0.300. The molecule has 1 aliphatic rings. The zero-order valence-corrected chi connectivity index (χ0v) is 14.9. The summed E-state index contributed by atoms with van der Waals surface area (Å²) in [6, 6.07) is 17.3. The first-order valence-electron chi connectivity index (χ1n) is 8.67. The van der Waals surface area contributed by atoms with Gasteiger partial charge in [0.25, 0.3) is 0 Å². The van der Waals surface area contributed by atoms with E-state index >= 15 is 0 Å². The Kier molecular flexibility index (Phi) is 5.86. The van der Waals surface area contributed by atoms with E-state index < -0.39 is 0 Å². The van der Waals surface area contributed by atoms with Crippen LogP contribution in [-0.2, 0) is 16.1 Å². The Bertz CT molecular complexity index is 764. The lowest BCUT2D eigenvalue weighted by Gasteiger charge is -2.36. The van der Waals surface area contributed by atoms with Crippen LogP contribution in [0.5, 0.6) is 0 Å². The highest BCUT2D eigenvalue weighted by Crippen LogP contribution is 2.29. The van der Waals surface area contributed by atoms with Gasteiger partial charge < -0.3 is 15.0 Å². The van der Waals surface area contributed by atoms with Crippen molar-refractivity contribution in [3.8, 4) is 0 Å². The van der Waals surface area contributed by atoms with Crippen LogP contribution in [-0.4, -0.2) is 43.6 Å². The third kappa shape index (κ3) is 4.21. The van der Waals surface area contributed by atoms with Crippen molar-refractivity contribution in [3.63, 3.8) is 0 Å². The van der Waals surface area contributed by atoms with Gasteiger partial charge >= 0.3 is 6.03 Å². The van der Waals surface area contributed by atoms with Gasteiger partial charge in [-0.15, -0.1) is 0 Å². The quantitative estimate of drug-likeness (QED) is 0.868. The fourth-order valence-electron chi connectivity index (χ4n) is 3.09. The monoisotopic (exact) mass is 353 g/mol. The Morgan fingerprint density at radius 2 is 1.81 bits per heavy atom. The standard InChI is InChI=1S/C20H23N3O3/c1-26-15-19(24)21-17-10-5-6-11-18(17)23-13-7-12-22(20(23)25)14-16-8-3-2-4-9-16/h2-6,8-11H,7,12-15H2,1H3,(H,21,24). The molecule has 3 amide bonds. The van der Waals surface area contributed by atoms with Crippen LogP contribution in [0.15, 0.2) is 54.6 Å². The molecule has 0 bridgehead atoms. The largest absolute Gasteiger partial charge is 0.375 e. The number of hydrogen-bond acceptors (Lipinski definition) is 3. The van der Waals surface area contributed by atoms with Gasteiger partial charge in [-0.1, -0.05) is 42.5 Å². The summed E-state index contributed by atoms with van der Waals surface area (Å²) in [5, 5.41) is 2.82. The molecule has 3 rings (SSSR count). The molecule has 0 unspecified atom stereocenters. The first-order chi connectivity index (χ1) is 12.7. The Labute approximate surface area is 153 Å². The van der Waals surface area contributed by atoms with E-state index in [-0.39, 0.29) is 18.5 Å². The van der Waals surface area contributed by atoms with Crippen LogP contribution >= 0.6 is 0 Å². The van der Waals surface area contributed by atoms with E-state index in [2.05, 4.69) is 5.32 Å². The molecule has 1 aliphatic heterocycles. The number of anilines is 2. The number of nitrogens with zero attached hydrogens (tertiary/aromatic N) is 2. The van der Waals surface area contributed by atoms with Crippen LogP contribution in [0.4, 0.5) is 16.2 Å². The first kappa shape index (κ1) is 17.9. The number of hydrogen-bond donors (Lipinski definition) is 1. The lowest BCUT2D eigenvalue weighted by Crippen LogP contribution is -2.49. The topological polar surface area (TPSA) is 61.9 Å². The van der Waals surface area contributed by atoms with Crippen LogP contribution in [0.3, 0.4) is 0 Å². The molecule has 1 heterocycles. The number of amides is 3. The van der Waals surface area contributed by atoms with Gasteiger partial charge in [-0.3, -0.25) is 9.69 Å². The predicted octanol–water partition coefficient (Wildman–Crippen LogP) is 3.10. The van der Waals surface area contributed by atoms with E-state index in [9.17, 15) is 9.59 Å². The second-order valence-corrected chi connectivity index (χ2v) is 6.19. The molecule has 1 saturated heterocycles. The summed E-state index contributed by atoms with van der Waals surface area (Å²) >= 11 is 0. The zero-order chi connectivity index (χ0) is 18.4. The first-order valence-corrected chi connectivity index (χ1v) is 8.67. The van der Waals surface area contributed by atoms with Gasteiger partial charge in [0.1, 0.15) is 6.61 Å². The molecule has 136 valence electrons. The molecule has 6 heteroatoms. The highest BCUT2D eigenvalue weighted by Gasteiger charge is 2.28. The minimum Gasteiger partial charge on any atom is -0.375 e. The Hall–Kier alpha value is -2.86. The van der Waals surface area contributed by atoms with Crippen LogP contribution in [0, 0.1) is 0 Å². The summed E-state index contributed by atoms with van der Waals surface area (Å²) in [6.07, 6.45) is 0.874. The van der Waals surface area contributed by atoms with E-state index in [1.54, 1.807) is 11.0 Å². The lowest BCUT2D eigenvalue weighted by atomic mass is 10.1. The molecule has 0 atom stereocenters.